The van der Waals surface area contributed by atoms with Crippen LogP contribution in [0.2, 0.25) is 5.15 Å². The molecule has 0 saturated carbocycles. The van der Waals surface area contributed by atoms with Crippen molar-refractivity contribution in [1.82, 2.24) is 10.2 Å². The molecule has 1 aliphatic heterocycles. The van der Waals surface area contributed by atoms with Gasteiger partial charge in [0.1, 0.15) is 0 Å². The number of hydrogen-bond acceptors (Lipinski definition) is 4. The van der Waals surface area contributed by atoms with Crippen LogP contribution in [0.15, 0.2) is 36.4 Å². The van der Waals surface area contributed by atoms with Crippen LogP contribution in [0.4, 0.5) is 11.5 Å². The van der Waals surface area contributed by atoms with E-state index in [1.165, 1.54) is 5.56 Å². The van der Waals surface area contributed by atoms with Crippen molar-refractivity contribution in [2.24, 2.45) is 5.92 Å². The van der Waals surface area contributed by atoms with E-state index >= 15 is 0 Å². The van der Waals surface area contributed by atoms with Crippen LogP contribution in [0.1, 0.15) is 25.3 Å². The quantitative estimate of drug-likeness (QED) is 0.921. The zero-order chi connectivity index (χ0) is 16.9. The predicted octanol–water partition coefficient (Wildman–Crippen LogP) is 3.55. The topological polar surface area (TPSA) is 58.1 Å². The molecular formula is C18H21ClN4O. The van der Waals surface area contributed by atoms with E-state index in [0.29, 0.717) is 5.15 Å². The molecule has 0 bridgehead atoms. The van der Waals surface area contributed by atoms with Gasteiger partial charge in [-0.3, -0.25) is 4.79 Å². The van der Waals surface area contributed by atoms with Crippen LogP contribution in [0.25, 0.3) is 0 Å². The van der Waals surface area contributed by atoms with E-state index < -0.39 is 0 Å². The van der Waals surface area contributed by atoms with E-state index in [9.17, 15) is 4.79 Å². The molecule has 0 aliphatic carbocycles. The highest BCUT2D eigenvalue weighted by Crippen LogP contribution is 2.23. The summed E-state index contributed by atoms with van der Waals surface area (Å²) in [5.41, 5.74) is 2.13. The summed E-state index contributed by atoms with van der Waals surface area (Å²) >= 11 is 5.77. The van der Waals surface area contributed by atoms with Gasteiger partial charge in [0, 0.05) is 24.7 Å². The van der Waals surface area contributed by atoms with Crippen molar-refractivity contribution < 1.29 is 4.79 Å². The molecule has 3 rings (SSSR count). The van der Waals surface area contributed by atoms with Crippen LogP contribution in [0, 0.1) is 5.92 Å². The summed E-state index contributed by atoms with van der Waals surface area (Å²) in [6.07, 6.45) is 2.62. The van der Waals surface area contributed by atoms with Gasteiger partial charge in [0.2, 0.25) is 5.91 Å². The molecule has 1 amide bonds. The van der Waals surface area contributed by atoms with Crippen molar-refractivity contribution in [3.8, 4) is 0 Å². The average Bonchev–Trinajstić information content (AvgIpc) is 2.63. The first-order chi connectivity index (χ1) is 11.7. The molecule has 1 saturated heterocycles. The minimum Gasteiger partial charge on any atom is -0.355 e. The number of aryl methyl sites for hydroxylation is 1. The summed E-state index contributed by atoms with van der Waals surface area (Å²) in [6.45, 7) is 3.71. The van der Waals surface area contributed by atoms with Crippen molar-refractivity contribution in [2.75, 3.05) is 23.3 Å². The summed E-state index contributed by atoms with van der Waals surface area (Å²) < 4.78 is 0. The Morgan fingerprint density at radius 3 is 2.46 bits per heavy atom. The first-order valence-electron chi connectivity index (χ1n) is 8.29. The smallest absolute Gasteiger partial charge is 0.227 e. The average molecular weight is 345 g/mol. The minimum absolute atomic E-state index is 0.0346. The van der Waals surface area contributed by atoms with Crippen molar-refractivity contribution in [3.63, 3.8) is 0 Å². The molecule has 0 atom stereocenters. The number of rotatable bonds is 4. The predicted molar refractivity (Wildman–Crippen MR) is 96.4 cm³/mol. The zero-order valence-electron chi connectivity index (χ0n) is 13.7. The lowest BCUT2D eigenvalue weighted by Crippen LogP contribution is -2.38. The molecule has 2 heterocycles. The van der Waals surface area contributed by atoms with Crippen LogP contribution >= 0.6 is 11.6 Å². The molecule has 6 heteroatoms. The molecule has 5 nitrogen and oxygen atoms in total. The van der Waals surface area contributed by atoms with E-state index in [0.717, 1.165) is 43.9 Å². The van der Waals surface area contributed by atoms with Crippen LogP contribution < -0.4 is 10.2 Å². The molecule has 1 aliphatic rings. The van der Waals surface area contributed by atoms with Crippen LogP contribution in [0.3, 0.4) is 0 Å². The van der Waals surface area contributed by atoms with Gasteiger partial charge in [-0.15, -0.1) is 10.2 Å². The van der Waals surface area contributed by atoms with E-state index in [2.05, 4.69) is 39.5 Å². The van der Waals surface area contributed by atoms with Crippen molar-refractivity contribution in [3.05, 3.63) is 47.1 Å². The van der Waals surface area contributed by atoms with Crippen LogP contribution in [0.5, 0.6) is 0 Å². The molecule has 1 fully saturated rings. The SMILES string of the molecule is CCc1ccc(NC(=O)C2CCN(c3ccc(Cl)nn3)CC2)cc1. The second kappa shape index (κ2) is 7.62. The number of hydrogen-bond donors (Lipinski definition) is 1. The van der Waals surface area contributed by atoms with E-state index in [-0.39, 0.29) is 11.8 Å². The van der Waals surface area contributed by atoms with E-state index in [1.807, 2.05) is 18.2 Å². The van der Waals surface area contributed by atoms with Gasteiger partial charge in [0.15, 0.2) is 11.0 Å². The molecule has 1 aromatic heterocycles. The lowest BCUT2D eigenvalue weighted by atomic mass is 9.95. The molecule has 1 aromatic carbocycles. The van der Waals surface area contributed by atoms with Gasteiger partial charge < -0.3 is 10.2 Å². The fourth-order valence-corrected chi connectivity index (χ4v) is 3.02. The molecular weight excluding hydrogens is 324 g/mol. The van der Waals surface area contributed by atoms with Gasteiger partial charge >= 0.3 is 0 Å². The van der Waals surface area contributed by atoms with Crippen molar-refractivity contribution in [1.29, 1.82) is 0 Å². The maximum atomic E-state index is 12.4. The number of amides is 1. The molecule has 0 spiro atoms. The molecule has 1 N–H and O–H groups in total. The number of carbonyl (C=O) groups excluding carboxylic acids is 1. The summed E-state index contributed by atoms with van der Waals surface area (Å²) in [4.78, 5) is 14.6. The normalized spacial score (nSPS) is 15.3. The van der Waals surface area contributed by atoms with Gasteiger partial charge in [0.05, 0.1) is 0 Å². The second-order valence-corrected chi connectivity index (χ2v) is 6.40. The number of aromatic nitrogens is 2. The summed E-state index contributed by atoms with van der Waals surface area (Å²) in [5, 5.41) is 11.4. The van der Waals surface area contributed by atoms with Gasteiger partial charge in [-0.1, -0.05) is 30.7 Å². The van der Waals surface area contributed by atoms with Gasteiger partial charge in [-0.25, -0.2) is 0 Å². The molecule has 0 unspecified atom stereocenters. The zero-order valence-corrected chi connectivity index (χ0v) is 14.5. The van der Waals surface area contributed by atoms with Gasteiger partial charge in [-0.05, 0) is 49.1 Å². The highest BCUT2D eigenvalue weighted by Gasteiger charge is 2.25. The number of anilines is 2. The van der Waals surface area contributed by atoms with Gasteiger partial charge in [0.25, 0.3) is 0 Å². The molecule has 126 valence electrons. The third-order valence-corrected chi connectivity index (χ3v) is 4.64. The monoisotopic (exact) mass is 344 g/mol. The first kappa shape index (κ1) is 16.7. The Hall–Kier alpha value is -2.14. The number of halogens is 1. The fourth-order valence-electron chi connectivity index (χ4n) is 2.92. The van der Waals surface area contributed by atoms with E-state index in [1.54, 1.807) is 6.07 Å². The van der Waals surface area contributed by atoms with Crippen LogP contribution in [-0.4, -0.2) is 29.2 Å². The largest absolute Gasteiger partial charge is 0.355 e. The lowest BCUT2D eigenvalue weighted by Gasteiger charge is -2.31. The van der Waals surface area contributed by atoms with Crippen LogP contribution in [-0.2, 0) is 11.2 Å². The van der Waals surface area contributed by atoms with Gasteiger partial charge in [-0.2, -0.15) is 0 Å². The van der Waals surface area contributed by atoms with Crippen molar-refractivity contribution >= 4 is 29.0 Å². The Morgan fingerprint density at radius 2 is 1.88 bits per heavy atom. The number of nitrogens with one attached hydrogen (secondary N) is 1. The third kappa shape index (κ3) is 4.03. The highest BCUT2D eigenvalue weighted by molar-refractivity contribution is 6.29. The summed E-state index contributed by atoms with van der Waals surface area (Å²) in [6, 6.07) is 11.6. The second-order valence-electron chi connectivity index (χ2n) is 6.02. The molecule has 2 aromatic rings. The Bertz CT molecular complexity index is 679. The van der Waals surface area contributed by atoms with Crippen molar-refractivity contribution in [2.45, 2.75) is 26.2 Å². The fraction of sp³-hybridized carbons (Fsp3) is 0.389. The number of piperidine rings is 1. The summed E-state index contributed by atoms with van der Waals surface area (Å²) in [5.74, 6) is 0.946. The summed E-state index contributed by atoms with van der Waals surface area (Å²) in [7, 11) is 0. The maximum Gasteiger partial charge on any atom is 0.227 e. The molecule has 0 radical (unpaired) electrons. The molecule has 24 heavy (non-hydrogen) atoms. The standard InChI is InChI=1S/C18H21ClN4O/c1-2-13-3-5-15(6-4-13)20-18(24)14-9-11-23(12-10-14)17-8-7-16(19)21-22-17/h3-8,14H,2,9-12H2,1H3,(H,20,24). The number of nitrogens with zero attached hydrogens (tertiary/aromatic N) is 3. The first-order valence-corrected chi connectivity index (χ1v) is 8.67. The number of carbonyl (C=O) groups is 1. The lowest BCUT2D eigenvalue weighted by molar-refractivity contribution is -0.120. The maximum absolute atomic E-state index is 12.4. The Balaban J connectivity index is 1.53. The Morgan fingerprint density at radius 1 is 1.17 bits per heavy atom. The number of benzene rings is 1. The van der Waals surface area contributed by atoms with E-state index in [4.69, 9.17) is 11.6 Å². The Kier molecular flexibility index (Phi) is 5.30. The third-order valence-electron chi connectivity index (χ3n) is 4.44. The minimum atomic E-state index is 0.0346. The highest BCUT2D eigenvalue weighted by atomic mass is 35.5. The Labute approximate surface area is 147 Å².